The molecule has 0 heterocycles. The van der Waals surface area contributed by atoms with Gasteiger partial charge in [-0.2, -0.15) is 0 Å². The van der Waals surface area contributed by atoms with Crippen LogP contribution in [0.2, 0.25) is 0 Å². The standard InChI is InChI=1S/C70H86F2O10/c1-3-5-7-9-11-13-15-17-19-21-23-25-27-29-47-77-65-45-37-56(51-63(65)71)69(75)79-59-39-33-54(34-40-59)67(73)81-61-43-31-53-32-44-62(50-58(53)49-61)82-68(74)55-35-41-60(42-36-55)80-70(76)57-38-46-66(64(72)52-57)78-48-30-28-26-24-22-20-18-16-14-12-10-8-6-4-2/h31-46,49-52H,3-30,47-48H2,1-2H3. The van der Waals surface area contributed by atoms with E-state index in [4.69, 9.17) is 28.4 Å². The molecule has 0 aliphatic carbocycles. The molecule has 12 heteroatoms. The van der Waals surface area contributed by atoms with Crippen LogP contribution in [0.25, 0.3) is 10.8 Å². The lowest BCUT2D eigenvalue weighted by Gasteiger charge is -2.10. The highest BCUT2D eigenvalue weighted by molar-refractivity contribution is 5.95. The number of halogens is 2. The Morgan fingerprint density at radius 2 is 0.561 bits per heavy atom. The number of unbranched alkanes of at least 4 members (excludes halogenated alkanes) is 26. The zero-order valence-corrected chi connectivity index (χ0v) is 48.6. The minimum absolute atomic E-state index is 0.0158. The predicted molar refractivity (Wildman–Crippen MR) is 321 cm³/mol. The highest BCUT2D eigenvalue weighted by Crippen LogP contribution is 2.28. The first-order valence-corrected chi connectivity index (χ1v) is 30.6. The highest BCUT2D eigenvalue weighted by atomic mass is 19.1. The maximum atomic E-state index is 14.9. The number of fused-ring (bicyclic) bond motifs is 1. The molecule has 0 atom stereocenters. The van der Waals surface area contributed by atoms with Crippen LogP contribution in [0.3, 0.4) is 0 Å². The highest BCUT2D eigenvalue weighted by Gasteiger charge is 2.18. The van der Waals surface area contributed by atoms with Gasteiger partial charge in [0.2, 0.25) is 0 Å². The van der Waals surface area contributed by atoms with Crippen molar-refractivity contribution >= 4 is 34.6 Å². The van der Waals surface area contributed by atoms with Gasteiger partial charge in [-0.3, -0.25) is 0 Å². The molecule has 0 spiro atoms. The van der Waals surface area contributed by atoms with Crippen molar-refractivity contribution < 1.29 is 56.4 Å². The van der Waals surface area contributed by atoms with Gasteiger partial charge in [0, 0.05) is 0 Å². The molecule has 6 aromatic rings. The van der Waals surface area contributed by atoms with Crippen LogP contribution in [-0.4, -0.2) is 37.1 Å². The monoisotopic (exact) mass is 1120 g/mol. The molecule has 82 heavy (non-hydrogen) atoms. The molecular formula is C70H86F2O10. The van der Waals surface area contributed by atoms with E-state index in [-0.39, 0.29) is 56.8 Å². The van der Waals surface area contributed by atoms with Gasteiger partial charge in [-0.05, 0) is 133 Å². The summed E-state index contributed by atoms with van der Waals surface area (Å²) in [5, 5.41) is 1.42. The fourth-order valence-electron chi connectivity index (χ4n) is 9.76. The molecular weight excluding hydrogens is 1040 g/mol. The Bertz CT molecular complexity index is 2670. The van der Waals surface area contributed by atoms with Crippen molar-refractivity contribution in [2.75, 3.05) is 13.2 Å². The first kappa shape index (κ1) is 64.1. The zero-order chi connectivity index (χ0) is 58.0. The molecule has 0 fully saturated rings. The SMILES string of the molecule is CCCCCCCCCCCCCCCCOc1ccc(C(=O)Oc2ccc(C(=O)Oc3ccc4ccc(OC(=O)c5ccc(OC(=O)c6ccc(OCCCCCCCCCCCCCCCC)c(F)c6)cc5)cc4c3)cc2)cc1F. The number of benzene rings is 6. The molecule has 0 aliphatic heterocycles. The third-order valence-corrected chi connectivity index (χ3v) is 14.7. The Morgan fingerprint density at radius 3 is 0.878 bits per heavy atom. The third-order valence-electron chi connectivity index (χ3n) is 14.7. The van der Waals surface area contributed by atoms with Crippen LogP contribution < -0.4 is 28.4 Å². The number of hydrogen-bond donors (Lipinski definition) is 0. The number of esters is 4. The van der Waals surface area contributed by atoms with E-state index in [1.54, 1.807) is 36.4 Å². The minimum Gasteiger partial charge on any atom is -0.491 e. The van der Waals surface area contributed by atoms with E-state index in [2.05, 4.69) is 13.8 Å². The molecule has 440 valence electrons. The second-order valence-electron chi connectivity index (χ2n) is 21.5. The summed E-state index contributed by atoms with van der Waals surface area (Å²) in [5.74, 6) is -3.22. The average Bonchev–Trinajstić information content (AvgIpc) is 3.67. The van der Waals surface area contributed by atoms with E-state index >= 15 is 0 Å². The first-order valence-electron chi connectivity index (χ1n) is 30.6. The average molecular weight is 1130 g/mol. The summed E-state index contributed by atoms with van der Waals surface area (Å²) in [4.78, 5) is 52.1. The minimum atomic E-state index is -0.765. The van der Waals surface area contributed by atoms with Crippen LogP contribution in [0.4, 0.5) is 8.78 Å². The second kappa shape index (κ2) is 37.1. The Labute approximate surface area is 485 Å². The quantitative estimate of drug-likeness (QED) is 0.0209. The molecule has 10 nitrogen and oxygen atoms in total. The van der Waals surface area contributed by atoms with Crippen LogP contribution in [0.15, 0.2) is 121 Å². The topological polar surface area (TPSA) is 124 Å². The molecule has 6 rings (SSSR count). The molecule has 0 N–H and O–H groups in total. The van der Waals surface area contributed by atoms with Crippen molar-refractivity contribution in [2.24, 2.45) is 0 Å². The zero-order valence-electron chi connectivity index (χ0n) is 48.6. The van der Waals surface area contributed by atoms with Crippen molar-refractivity contribution in [1.82, 2.24) is 0 Å². The van der Waals surface area contributed by atoms with E-state index in [9.17, 15) is 28.0 Å². The maximum absolute atomic E-state index is 14.9. The van der Waals surface area contributed by atoms with Crippen LogP contribution >= 0.6 is 0 Å². The van der Waals surface area contributed by atoms with Crippen molar-refractivity contribution in [3.05, 3.63) is 155 Å². The number of carbonyl (C=O) groups excluding carboxylic acids is 4. The first-order chi connectivity index (χ1) is 40.1. The Morgan fingerprint density at radius 1 is 0.293 bits per heavy atom. The number of ether oxygens (including phenoxy) is 6. The Kier molecular flexibility index (Phi) is 29.0. The van der Waals surface area contributed by atoms with Gasteiger partial charge in [0.05, 0.1) is 35.5 Å². The second-order valence-corrected chi connectivity index (χ2v) is 21.5. The van der Waals surface area contributed by atoms with Crippen molar-refractivity contribution in [1.29, 1.82) is 0 Å². The van der Waals surface area contributed by atoms with Crippen molar-refractivity contribution in [3.8, 4) is 34.5 Å². The summed E-state index contributed by atoms with van der Waals surface area (Å²) in [5.41, 5.74) is 0.408. The molecule has 0 saturated carbocycles. The van der Waals surface area contributed by atoms with Crippen LogP contribution in [-0.2, 0) is 0 Å². The van der Waals surface area contributed by atoms with Crippen LogP contribution in [0.5, 0.6) is 34.5 Å². The van der Waals surface area contributed by atoms with E-state index in [0.717, 1.165) is 56.0 Å². The summed E-state index contributed by atoms with van der Waals surface area (Å²) in [6, 6.07) is 29.6. The molecule has 0 saturated heterocycles. The molecule has 0 bridgehead atoms. The van der Waals surface area contributed by atoms with Gasteiger partial charge < -0.3 is 28.4 Å². The lowest BCUT2D eigenvalue weighted by Crippen LogP contribution is -2.11. The number of hydrogen-bond acceptors (Lipinski definition) is 10. The van der Waals surface area contributed by atoms with Gasteiger partial charge in [0.1, 0.15) is 23.0 Å². The van der Waals surface area contributed by atoms with E-state index < -0.39 is 35.5 Å². The lowest BCUT2D eigenvalue weighted by molar-refractivity contribution is 0.0720. The van der Waals surface area contributed by atoms with Crippen LogP contribution in [0, 0.1) is 11.6 Å². The maximum Gasteiger partial charge on any atom is 0.343 e. The molecule has 0 radical (unpaired) electrons. The number of carbonyl (C=O) groups is 4. The largest absolute Gasteiger partial charge is 0.491 e. The fraction of sp³-hybridized carbons (Fsp3) is 0.457. The predicted octanol–water partition coefficient (Wildman–Crippen LogP) is 19.7. The summed E-state index contributed by atoms with van der Waals surface area (Å²) < 4.78 is 63.4. The van der Waals surface area contributed by atoms with Gasteiger partial charge in [-0.25, -0.2) is 28.0 Å². The summed E-state index contributed by atoms with van der Waals surface area (Å²) >= 11 is 0. The fourth-order valence-corrected chi connectivity index (χ4v) is 9.76. The van der Waals surface area contributed by atoms with Crippen molar-refractivity contribution in [3.63, 3.8) is 0 Å². The van der Waals surface area contributed by atoms with Crippen LogP contribution in [0.1, 0.15) is 235 Å². The molecule has 0 aliphatic rings. The Balaban J connectivity index is 0.860. The lowest BCUT2D eigenvalue weighted by atomic mass is 10.0. The number of rotatable bonds is 40. The smallest absolute Gasteiger partial charge is 0.343 e. The van der Waals surface area contributed by atoms with Gasteiger partial charge in [0.25, 0.3) is 0 Å². The molecule has 0 amide bonds. The molecule has 0 aromatic heterocycles. The van der Waals surface area contributed by atoms with Gasteiger partial charge in [0.15, 0.2) is 23.1 Å². The van der Waals surface area contributed by atoms with E-state index in [1.807, 2.05) is 0 Å². The summed E-state index contributed by atoms with van der Waals surface area (Å²) in [6.07, 6.45) is 35.0. The van der Waals surface area contributed by atoms with Gasteiger partial charge >= 0.3 is 23.9 Å². The Hall–Kier alpha value is -7.08. The van der Waals surface area contributed by atoms with E-state index in [0.29, 0.717) is 18.6 Å². The van der Waals surface area contributed by atoms with Gasteiger partial charge in [-0.1, -0.05) is 193 Å². The molecule has 0 unspecified atom stereocenters. The summed E-state index contributed by atoms with van der Waals surface area (Å²) in [6.45, 7) is 5.29. The normalized spacial score (nSPS) is 11.1. The summed E-state index contributed by atoms with van der Waals surface area (Å²) in [7, 11) is 0. The molecule has 6 aromatic carbocycles. The van der Waals surface area contributed by atoms with E-state index in [1.165, 1.54) is 214 Å². The third kappa shape index (κ3) is 23.4. The van der Waals surface area contributed by atoms with Gasteiger partial charge in [-0.15, -0.1) is 0 Å². The van der Waals surface area contributed by atoms with Crippen molar-refractivity contribution in [2.45, 2.75) is 194 Å².